The zero-order valence-corrected chi connectivity index (χ0v) is 16.4. The maximum absolute atomic E-state index is 13.1. The van der Waals surface area contributed by atoms with E-state index in [1.54, 1.807) is 0 Å². The fraction of sp³-hybridized carbons (Fsp3) is 0.391. The summed E-state index contributed by atoms with van der Waals surface area (Å²) in [6.07, 6.45) is 3.73. The van der Waals surface area contributed by atoms with Crippen LogP contribution in [0.4, 0.5) is 11.4 Å². The van der Waals surface area contributed by atoms with E-state index in [4.69, 9.17) is 0 Å². The van der Waals surface area contributed by atoms with E-state index in [9.17, 15) is 9.59 Å². The Morgan fingerprint density at radius 3 is 2.61 bits per heavy atom. The number of rotatable bonds is 4. The molecule has 5 heteroatoms. The molecule has 4 rings (SSSR count). The van der Waals surface area contributed by atoms with Gasteiger partial charge >= 0.3 is 0 Å². The predicted molar refractivity (Wildman–Crippen MR) is 112 cm³/mol. The number of piperidine rings is 1. The Kier molecular flexibility index (Phi) is 5.44. The van der Waals surface area contributed by atoms with E-state index in [-0.39, 0.29) is 24.4 Å². The second kappa shape index (κ2) is 8.15. The summed E-state index contributed by atoms with van der Waals surface area (Å²) in [4.78, 5) is 31.8. The molecule has 0 aliphatic carbocycles. The number of amides is 2. The van der Waals surface area contributed by atoms with Gasteiger partial charge in [-0.05, 0) is 56.5 Å². The van der Waals surface area contributed by atoms with Gasteiger partial charge in [0.25, 0.3) is 0 Å². The summed E-state index contributed by atoms with van der Waals surface area (Å²) in [5.74, 6) is 0.158. The summed E-state index contributed by atoms with van der Waals surface area (Å²) < 4.78 is 0. The van der Waals surface area contributed by atoms with Gasteiger partial charge in [0.2, 0.25) is 11.8 Å². The van der Waals surface area contributed by atoms with Crippen molar-refractivity contribution >= 4 is 23.2 Å². The van der Waals surface area contributed by atoms with Crippen LogP contribution in [0.2, 0.25) is 0 Å². The zero-order chi connectivity index (χ0) is 19.5. The molecule has 2 aliphatic rings. The van der Waals surface area contributed by atoms with Crippen molar-refractivity contribution in [3.63, 3.8) is 0 Å². The monoisotopic (exact) mass is 377 g/mol. The number of nitrogens with zero attached hydrogens (tertiary/aromatic N) is 3. The van der Waals surface area contributed by atoms with Gasteiger partial charge in [-0.2, -0.15) is 0 Å². The predicted octanol–water partition coefficient (Wildman–Crippen LogP) is 3.09. The van der Waals surface area contributed by atoms with Crippen LogP contribution >= 0.6 is 0 Å². The van der Waals surface area contributed by atoms with Gasteiger partial charge in [0.05, 0.1) is 12.6 Å². The van der Waals surface area contributed by atoms with Crippen molar-refractivity contribution in [1.29, 1.82) is 0 Å². The molecule has 28 heavy (non-hydrogen) atoms. The highest BCUT2D eigenvalue weighted by molar-refractivity contribution is 5.99. The summed E-state index contributed by atoms with van der Waals surface area (Å²) in [6.45, 7) is 1.74. The fourth-order valence-corrected chi connectivity index (χ4v) is 4.33. The third kappa shape index (κ3) is 3.67. The van der Waals surface area contributed by atoms with Crippen molar-refractivity contribution in [3.8, 4) is 0 Å². The van der Waals surface area contributed by atoms with Crippen LogP contribution in [0.3, 0.4) is 0 Å². The normalized spacial score (nSPS) is 19.6. The van der Waals surface area contributed by atoms with Crippen molar-refractivity contribution < 1.29 is 9.59 Å². The Balaban J connectivity index is 1.45. The number of para-hydroxylation sites is 2. The Hall–Kier alpha value is -2.66. The highest BCUT2D eigenvalue weighted by Gasteiger charge is 2.34. The van der Waals surface area contributed by atoms with Crippen molar-refractivity contribution in [3.05, 3.63) is 60.2 Å². The molecule has 1 atom stereocenters. The average molecular weight is 377 g/mol. The number of benzene rings is 2. The largest absolute Gasteiger partial charge is 0.311 e. The van der Waals surface area contributed by atoms with Gasteiger partial charge in [-0.15, -0.1) is 0 Å². The number of hydrogen-bond donors (Lipinski definition) is 0. The maximum atomic E-state index is 13.1. The van der Waals surface area contributed by atoms with Gasteiger partial charge in [-0.3, -0.25) is 14.5 Å². The van der Waals surface area contributed by atoms with Crippen LogP contribution in [-0.4, -0.2) is 49.4 Å². The molecule has 0 saturated carbocycles. The van der Waals surface area contributed by atoms with Crippen LogP contribution in [0.5, 0.6) is 0 Å². The minimum absolute atomic E-state index is 0.0688. The first kappa shape index (κ1) is 18.7. The molecule has 0 radical (unpaired) electrons. The van der Waals surface area contributed by atoms with E-state index in [1.165, 1.54) is 5.56 Å². The van der Waals surface area contributed by atoms with Gasteiger partial charge in [0.1, 0.15) is 0 Å². The Morgan fingerprint density at radius 1 is 1.04 bits per heavy atom. The molecule has 0 spiro atoms. The molecule has 146 valence electrons. The number of carbonyl (C=O) groups excluding carboxylic acids is 2. The van der Waals surface area contributed by atoms with Crippen LogP contribution in [0.25, 0.3) is 0 Å². The van der Waals surface area contributed by atoms with E-state index in [0.717, 1.165) is 50.1 Å². The molecule has 2 amide bonds. The number of aryl methyl sites for hydroxylation is 1. The van der Waals surface area contributed by atoms with Crippen molar-refractivity contribution in [2.75, 3.05) is 36.5 Å². The summed E-state index contributed by atoms with van der Waals surface area (Å²) in [7, 11) is 1.89. The molecule has 1 fully saturated rings. The second-order valence-corrected chi connectivity index (χ2v) is 7.68. The average Bonchev–Trinajstić information content (AvgIpc) is 2.74. The van der Waals surface area contributed by atoms with Crippen molar-refractivity contribution in [2.24, 2.45) is 0 Å². The number of likely N-dealkylation sites (N-methyl/N-ethyl adjacent to an activating group) is 1. The second-order valence-electron chi connectivity index (χ2n) is 7.68. The van der Waals surface area contributed by atoms with Gasteiger partial charge in [0, 0.05) is 24.5 Å². The fourth-order valence-electron chi connectivity index (χ4n) is 4.33. The SMILES string of the molecule is CN(CC(=O)N1CCCc2ccccc21)C1CCCN(c2ccccc2)C1=O. The van der Waals surface area contributed by atoms with E-state index in [2.05, 4.69) is 6.07 Å². The van der Waals surface area contributed by atoms with Crippen molar-refractivity contribution in [2.45, 2.75) is 31.7 Å². The van der Waals surface area contributed by atoms with Crippen LogP contribution < -0.4 is 9.80 Å². The Labute approximate surface area is 166 Å². The molecule has 0 aromatic heterocycles. The van der Waals surface area contributed by atoms with Crippen molar-refractivity contribution in [1.82, 2.24) is 4.90 Å². The molecule has 2 aromatic carbocycles. The third-order valence-corrected chi connectivity index (χ3v) is 5.81. The lowest BCUT2D eigenvalue weighted by Crippen LogP contribution is -2.54. The van der Waals surface area contributed by atoms with Crippen LogP contribution in [-0.2, 0) is 16.0 Å². The van der Waals surface area contributed by atoms with E-state index >= 15 is 0 Å². The molecule has 1 saturated heterocycles. The molecule has 2 aliphatic heterocycles. The topological polar surface area (TPSA) is 43.9 Å². The lowest BCUT2D eigenvalue weighted by Gasteiger charge is -2.37. The molecule has 5 nitrogen and oxygen atoms in total. The lowest BCUT2D eigenvalue weighted by molar-refractivity contribution is -0.126. The summed E-state index contributed by atoms with van der Waals surface area (Å²) in [5, 5.41) is 0. The number of anilines is 2. The summed E-state index contributed by atoms with van der Waals surface area (Å²) >= 11 is 0. The van der Waals surface area contributed by atoms with E-state index in [0.29, 0.717) is 0 Å². The zero-order valence-electron chi connectivity index (χ0n) is 16.4. The first-order valence-corrected chi connectivity index (χ1v) is 10.1. The maximum Gasteiger partial charge on any atom is 0.244 e. The third-order valence-electron chi connectivity index (χ3n) is 5.81. The standard InChI is InChI=1S/C23H27N3O2/c1-24(17-22(27)26-16-7-10-18-9-5-6-13-20(18)26)21-14-8-15-25(23(21)28)19-11-3-2-4-12-19/h2-6,9,11-13,21H,7-8,10,14-17H2,1H3. The number of fused-ring (bicyclic) bond motifs is 1. The Morgan fingerprint density at radius 2 is 1.79 bits per heavy atom. The van der Waals surface area contributed by atoms with Gasteiger partial charge in [-0.25, -0.2) is 0 Å². The molecule has 2 aromatic rings. The highest BCUT2D eigenvalue weighted by Crippen LogP contribution is 2.27. The van der Waals surface area contributed by atoms with E-state index < -0.39 is 0 Å². The molecule has 0 bridgehead atoms. The number of carbonyl (C=O) groups is 2. The summed E-state index contributed by atoms with van der Waals surface area (Å²) in [5.41, 5.74) is 3.18. The Bertz CT molecular complexity index is 852. The molecule has 0 N–H and O–H groups in total. The summed E-state index contributed by atoms with van der Waals surface area (Å²) in [6, 6.07) is 17.7. The van der Waals surface area contributed by atoms with Crippen LogP contribution in [0.1, 0.15) is 24.8 Å². The van der Waals surface area contributed by atoms with E-state index in [1.807, 2.05) is 70.3 Å². The lowest BCUT2D eigenvalue weighted by atomic mass is 10.0. The quantitative estimate of drug-likeness (QED) is 0.822. The minimum Gasteiger partial charge on any atom is -0.311 e. The first-order valence-electron chi connectivity index (χ1n) is 10.1. The number of hydrogen-bond acceptors (Lipinski definition) is 3. The van der Waals surface area contributed by atoms with Crippen LogP contribution in [0, 0.1) is 0 Å². The molecular formula is C23H27N3O2. The smallest absolute Gasteiger partial charge is 0.244 e. The van der Waals surface area contributed by atoms with Crippen LogP contribution in [0.15, 0.2) is 54.6 Å². The van der Waals surface area contributed by atoms with Gasteiger partial charge < -0.3 is 9.80 Å². The molecule has 1 unspecified atom stereocenters. The molecular weight excluding hydrogens is 350 g/mol. The molecule has 2 heterocycles. The van der Waals surface area contributed by atoms with Gasteiger partial charge in [-0.1, -0.05) is 36.4 Å². The first-order chi connectivity index (χ1) is 13.6. The minimum atomic E-state index is -0.252. The highest BCUT2D eigenvalue weighted by atomic mass is 16.2. The van der Waals surface area contributed by atoms with Gasteiger partial charge in [0.15, 0.2) is 0 Å².